The molecule has 0 bridgehead atoms. The topological polar surface area (TPSA) is 107 Å². The van der Waals surface area contributed by atoms with E-state index in [0.29, 0.717) is 23.2 Å². The summed E-state index contributed by atoms with van der Waals surface area (Å²) in [6, 6.07) is 8.95. The predicted molar refractivity (Wildman–Crippen MR) is 113 cm³/mol. The van der Waals surface area contributed by atoms with Crippen molar-refractivity contribution in [2.24, 2.45) is 0 Å². The van der Waals surface area contributed by atoms with Crippen LogP contribution < -0.4 is 15.4 Å². The van der Waals surface area contributed by atoms with Crippen molar-refractivity contribution in [3.63, 3.8) is 0 Å². The molecule has 0 saturated carbocycles. The second-order valence-corrected chi connectivity index (χ2v) is 7.06. The lowest BCUT2D eigenvalue weighted by Gasteiger charge is -2.22. The van der Waals surface area contributed by atoms with Crippen molar-refractivity contribution in [3.05, 3.63) is 48.1 Å². The second kappa shape index (κ2) is 9.73. The van der Waals surface area contributed by atoms with Crippen LogP contribution in [0.1, 0.15) is 48.2 Å². The molecule has 9 nitrogen and oxygen atoms in total. The normalized spacial score (nSPS) is 17.1. The molecule has 1 aliphatic rings. The smallest absolute Gasteiger partial charge is 0.272 e. The number of piperidine rings is 1. The molecular formula is C20H25ClN6O3. The minimum atomic E-state index is -0.448. The van der Waals surface area contributed by atoms with Gasteiger partial charge in [-0.05, 0) is 44.5 Å². The van der Waals surface area contributed by atoms with Crippen LogP contribution >= 0.6 is 12.4 Å². The van der Waals surface area contributed by atoms with Gasteiger partial charge in [0.2, 0.25) is 11.7 Å². The fraction of sp³-hybridized carbons (Fsp3) is 0.400. The third kappa shape index (κ3) is 4.80. The number of benzene rings is 1. The Morgan fingerprint density at radius 1 is 1.40 bits per heavy atom. The zero-order valence-corrected chi connectivity index (χ0v) is 17.7. The minimum Gasteiger partial charge on any atom is -0.497 e. The molecule has 0 radical (unpaired) electrons. The van der Waals surface area contributed by atoms with Gasteiger partial charge in [-0.3, -0.25) is 9.48 Å². The molecule has 2 aromatic heterocycles. The number of methoxy groups -OCH3 is 1. The van der Waals surface area contributed by atoms with Crippen molar-refractivity contribution in [2.75, 3.05) is 20.2 Å². The number of carbonyl (C=O) groups is 1. The van der Waals surface area contributed by atoms with E-state index in [1.54, 1.807) is 20.1 Å². The number of hydrogen-bond acceptors (Lipinski definition) is 7. The lowest BCUT2D eigenvalue weighted by Crippen LogP contribution is -2.32. The molecule has 1 amide bonds. The van der Waals surface area contributed by atoms with Gasteiger partial charge < -0.3 is 19.9 Å². The van der Waals surface area contributed by atoms with Crippen molar-refractivity contribution in [1.82, 2.24) is 30.6 Å². The summed E-state index contributed by atoms with van der Waals surface area (Å²) in [6.45, 7) is 3.70. The van der Waals surface area contributed by atoms with Crippen LogP contribution in [-0.4, -0.2) is 46.0 Å². The van der Waals surface area contributed by atoms with E-state index in [1.165, 1.54) is 0 Å². The summed E-state index contributed by atoms with van der Waals surface area (Å²) in [4.78, 5) is 17.0. The number of amides is 1. The van der Waals surface area contributed by atoms with E-state index in [9.17, 15) is 4.79 Å². The van der Waals surface area contributed by atoms with Gasteiger partial charge in [0.1, 0.15) is 17.5 Å². The van der Waals surface area contributed by atoms with E-state index in [-0.39, 0.29) is 24.4 Å². The van der Waals surface area contributed by atoms with Crippen LogP contribution in [0.3, 0.4) is 0 Å². The third-order valence-corrected chi connectivity index (χ3v) is 4.97. The Morgan fingerprint density at radius 2 is 2.27 bits per heavy atom. The molecule has 1 saturated heterocycles. The lowest BCUT2D eigenvalue weighted by atomic mass is 10.1. The number of carbonyl (C=O) groups excluding carboxylic acids is 1. The molecule has 2 N–H and O–H groups in total. The first-order valence-corrected chi connectivity index (χ1v) is 9.69. The average Bonchev–Trinajstić information content (AvgIpc) is 3.45. The second-order valence-electron chi connectivity index (χ2n) is 7.06. The Hall–Kier alpha value is -2.91. The van der Waals surface area contributed by atoms with Gasteiger partial charge in [0, 0.05) is 18.3 Å². The Kier molecular flexibility index (Phi) is 7.07. The van der Waals surface area contributed by atoms with Crippen molar-refractivity contribution in [3.8, 4) is 17.1 Å². The highest BCUT2D eigenvalue weighted by molar-refractivity contribution is 5.92. The summed E-state index contributed by atoms with van der Waals surface area (Å²) < 4.78 is 12.4. The molecule has 3 heterocycles. The molecule has 1 fully saturated rings. The highest BCUT2D eigenvalue weighted by atomic mass is 35.5. The molecule has 4 rings (SSSR count). The van der Waals surface area contributed by atoms with E-state index < -0.39 is 6.04 Å². The monoisotopic (exact) mass is 432 g/mol. The zero-order valence-electron chi connectivity index (χ0n) is 16.9. The third-order valence-electron chi connectivity index (χ3n) is 4.97. The Bertz CT molecular complexity index is 982. The van der Waals surface area contributed by atoms with Crippen LogP contribution in [0.2, 0.25) is 0 Å². The maximum Gasteiger partial charge on any atom is 0.272 e. The number of hydrogen-bond donors (Lipinski definition) is 2. The van der Waals surface area contributed by atoms with Crippen LogP contribution in [-0.2, 0) is 0 Å². The molecular weight excluding hydrogens is 408 g/mol. The van der Waals surface area contributed by atoms with Gasteiger partial charge in [0.15, 0.2) is 0 Å². The Labute approximate surface area is 180 Å². The summed E-state index contributed by atoms with van der Waals surface area (Å²) in [7, 11) is 1.60. The summed E-state index contributed by atoms with van der Waals surface area (Å²) in [5.41, 5.74) is 1.15. The van der Waals surface area contributed by atoms with Crippen LogP contribution in [0.25, 0.3) is 11.4 Å². The number of aromatic nitrogens is 4. The van der Waals surface area contributed by atoms with Gasteiger partial charge in [-0.1, -0.05) is 17.3 Å². The summed E-state index contributed by atoms with van der Waals surface area (Å²) in [5.74, 6) is 1.20. The largest absolute Gasteiger partial charge is 0.497 e. The van der Waals surface area contributed by atoms with E-state index in [1.807, 2.05) is 35.1 Å². The SMILES string of the molecule is COc1cccc(-c2noc(C(C)NC(=O)c3ccn(C4CCCNC4)n3)n2)c1.Cl. The maximum atomic E-state index is 12.6. The van der Waals surface area contributed by atoms with Crippen LogP contribution in [0.15, 0.2) is 41.1 Å². The minimum absolute atomic E-state index is 0. The van der Waals surface area contributed by atoms with Crippen molar-refractivity contribution in [2.45, 2.75) is 31.8 Å². The van der Waals surface area contributed by atoms with Gasteiger partial charge in [0.25, 0.3) is 5.91 Å². The first-order valence-electron chi connectivity index (χ1n) is 9.69. The Balaban J connectivity index is 0.00000256. The molecule has 0 spiro atoms. The Morgan fingerprint density at radius 3 is 3.03 bits per heavy atom. The quantitative estimate of drug-likeness (QED) is 0.616. The molecule has 1 aliphatic heterocycles. The molecule has 0 aliphatic carbocycles. The van der Waals surface area contributed by atoms with E-state index >= 15 is 0 Å². The van der Waals surface area contributed by atoms with E-state index in [0.717, 1.165) is 31.5 Å². The van der Waals surface area contributed by atoms with Gasteiger partial charge in [-0.25, -0.2) is 0 Å². The number of halogens is 1. The summed E-state index contributed by atoms with van der Waals surface area (Å²) in [5, 5.41) is 14.7. The van der Waals surface area contributed by atoms with Crippen LogP contribution in [0.5, 0.6) is 5.75 Å². The molecule has 1 aromatic carbocycles. The highest BCUT2D eigenvalue weighted by Gasteiger charge is 2.21. The van der Waals surface area contributed by atoms with E-state index in [2.05, 4.69) is 25.9 Å². The summed E-state index contributed by atoms with van der Waals surface area (Å²) >= 11 is 0. The number of ether oxygens (including phenoxy) is 1. The molecule has 2 unspecified atom stereocenters. The number of nitrogens with zero attached hydrogens (tertiary/aromatic N) is 4. The van der Waals surface area contributed by atoms with Crippen molar-refractivity contribution in [1.29, 1.82) is 0 Å². The predicted octanol–water partition coefficient (Wildman–Crippen LogP) is 2.78. The van der Waals surface area contributed by atoms with Gasteiger partial charge in [0.05, 0.1) is 13.2 Å². The fourth-order valence-corrected chi connectivity index (χ4v) is 3.34. The lowest BCUT2D eigenvalue weighted by molar-refractivity contribution is 0.0926. The molecule has 3 aromatic rings. The van der Waals surface area contributed by atoms with E-state index in [4.69, 9.17) is 9.26 Å². The van der Waals surface area contributed by atoms with Crippen molar-refractivity contribution >= 4 is 18.3 Å². The standard InChI is InChI=1S/C20H24N6O3.ClH/c1-13(20-23-18(25-29-20)14-5-3-7-16(11-14)28-2)22-19(27)17-8-10-26(24-17)15-6-4-9-21-12-15;/h3,5,7-8,10-11,13,15,21H,4,6,9,12H2,1-2H3,(H,22,27);1H. The van der Waals surface area contributed by atoms with Gasteiger partial charge in [-0.2, -0.15) is 10.1 Å². The van der Waals surface area contributed by atoms with Crippen molar-refractivity contribution < 1.29 is 14.1 Å². The molecule has 160 valence electrons. The first kappa shape index (κ1) is 21.8. The maximum absolute atomic E-state index is 12.6. The highest BCUT2D eigenvalue weighted by Crippen LogP contribution is 2.23. The fourth-order valence-electron chi connectivity index (χ4n) is 3.34. The first-order chi connectivity index (χ1) is 14.1. The molecule has 10 heteroatoms. The number of rotatable bonds is 6. The van der Waals surface area contributed by atoms with Crippen LogP contribution in [0.4, 0.5) is 0 Å². The van der Waals surface area contributed by atoms with Crippen LogP contribution in [0, 0.1) is 0 Å². The zero-order chi connectivity index (χ0) is 20.2. The number of nitrogens with one attached hydrogen (secondary N) is 2. The van der Waals surface area contributed by atoms with Gasteiger partial charge in [-0.15, -0.1) is 12.4 Å². The van der Waals surface area contributed by atoms with Gasteiger partial charge >= 0.3 is 0 Å². The molecule has 2 atom stereocenters. The molecule has 30 heavy (non-hydrogen) atoms. The average molecular weight is 433 g/mol. The summed E-state index contributed by atoms with van der Waals surface area (Å²) in [6.07, 6.45) is 4.02.